The van der Waals surface area contributed by atoms with Crippen molar-refractivity contribution in [1.82, 2.24) is 15.2 Å². The van der Waals surface area contributed by atoms with Crippen molar-refractivity contribution < 1.29 is 14.0 Å². The first-order valence-electron chi connectivity index (χ1n) is 10.1. The van der Waals surface area contributed by atoms with Crippen LogP contribution in [0.1, 0.15) is 48.2 Å². The third-order valence-electron chi connectivity index (χ3n) is 5.23. The van der Waals surface area contributed by atoms with Crippen LogP contribution in [0.25, 0.3) is 6.08 Å². The number of carbonyl (C=O) groups is 2. The molecular formula is C22H25I2N3O3. The van der Waals surface area contributed by atoms with Gasteiger partial charge in [-0.25, -0.2) is 4.98 Å². The summed E-state index contributed by atoms with van der Waals surface area (Å²) in [7, 11) is 0. The van der Waals surface area contributed by atoms with E-state index in [0.717, 1.165) is 58.2 Å². The van der Waals surface area contributed by atoms with Crippen LogP contribution >= 0.6 is 45.2 Å². The first-order valence-corrected chi connectivity index (χ1v) is 12.3. The van der Waals surface area contributed by atoms with Gasteiger partial charge in [-0.05, 0) is 101 Å². The Morgan fingerprint density at radius 2 is 2.00 bits per heavy atom. The normalized spacial score (nSPS) is 14.9. The summed E-state index contributed by atoms with van der Waals surface area (Å²) in [6, 6.07) is 7.36. The molecule has 1 saturated heterocycles. The van der Waals surface area contributed by atoms with Gasteiger partial charge >= 0.3 is 0 Å². The molecule has 2 aromatic rings. The van der Waals surface area contributed by atoms with Gasteiger partial charge in [-0.3, -0.25) is 9.59 Å². The predicted octanol–water partition coefficient (Wildman–Crippen LogP) is 4.74. The Balaban J connectivity index is 1.28. The number of pyridine rings is 1. The largest absolute Gasteiger partial charge is 0.459 e. The quantitative estimate of drug-likeness (QED) is 0.198. The van der Waals surface area contributed by atoms with Gasteiger partial charge in [0.2, 0.25) is 5.91 Å². The minimum atomic E-state index is -0.0749. The highest BCUT2D eigenvalue weighted by Gasteiger charge is 2.24. The number of halogens is 2. The van der Waals surface area contributed by atoms with Crippen molar-refractivity contribution in [2.45, 2.75) is 32.1 Å². The molecule has 8 heteroatoms. The molecular weight excluding hydrogens is 608 g/mol. The molecule has 0 unspecified atom stereocenters. The third kappa shape index (κ3) is 7.07. The second-order valence-corrected chi connectivity index (χ2v) is 9.47. The lowest BCUT2D eigenvalue weighted by Gasteiger charge is -2.31. The molecule has 1 fully saturated rings. The van der Waals surface area contributed by atoms with Crippen LogP contribution in [0.3, 0.4) is 0 Å². The minimum absolute atomic E-state index is 0.00933. The van der Waals surface area contributed by atoms with Gasteiger partial charge in [0.25, 0.3) is 5.91 Å². The maximum atomic E-state index is 12.3. The molecule has 30 heavy (non-hydrogen) atoms. The van der Waals surface area contributed by atoms with Crippen LogP contribution < -0.4 is 5.32 Å². The molecule has 0 radical (unpaired) electrons. The summed E-state index contributed by atoms with van der Waals surface area (Å²) >= 11 is 4.35. The smallest absolute Gasteiger partial charge is 0.289 e. The van der Waals surface area contributed by atoms with E-state index in [1.54, 1.807) is 24.3 Å². The molecule has 1 aliphatic rings. The van der Waals surface area contributed by atoms with Crippen molar-refractivity contribution in [3.8, 4) is 0 Å². The fourth-order valence-electron chi connectivity index (χ4n) is 3.52. The summed E-state index contributed by atoms with van der Waals surface area (Å²) < 4.78 is 7.03. The summed E-state index contributed by atoms with van der Waals surface area (Å²) in [6.45, 7) is 2.26. The number of rotatable bonds is 8. The summed E-state index contributed by atoms with van der Waals surface area (Å²) in [5, 5.41) is 2.95. The zero-order valence-corrected chi connectivity index (χ0v) is 21.0. The highest BCUT2D eigenvalue weighted by Crippen LogP contribution is 2.23. The topological polar surface area (TPSA) is 75.4 Å². The lowest BCUT2D eigenvalue weighted by Crippen LogP contribution is -2.38. The Morgan fingerprint density at radius 1 is 1.20 bits per heavy atom. The third-order valence-corrected chi connectivity index (χ3v) is 6.69. The fraction of sp³-hybridized carbons (Fsp3) is 0.409. The van der Waals surface area contributed by atoms with Crippen LogP contribution in [0.15, 0.2) is 41.0 Å². The van der Waals surface area contributed by atoms with Crippen LogP contribution in [0.2, 0.25) is 0 Å². The minimum Gasteiger partial charge on any atom is -0.459 e. The Hall–Kier alpha value is -1.43. The maximum Gasteiger partial charge on any atom is 0.289 e. The fourth-order valence-corrected chi connectivity index (χ4v) is 5.02. The van der Waals surface area contributed by atoms with Gasteiger partial charge < -0.3 is 14.6 Å². The average molecular weight is 633 g/mol. The zero-order valence-electron chi connectivity index (χ0n) is 16.7. The molecule has 3 rings (SSSR count). The lowest BCUT2D eigenvalue weighted by molar-refractivity contribution is -0.116. The van der Waals surface area contributed by atoms with Crippen molar-refractivity contribution in [3.63, 3.8) is 0 Å². The van der Waals surface area contributed by atoms with Crippen LogP contribution in [-0.4, -0.2) is 41.3 Å². The highest BCUT2D eigenvalue weighted by molar-refractivity contribution is 14.1. The Bertz CT molecular complexity index is 876. The van der Waals surface area contributed by atoms with Crippen molar-refractivity contribution >= 4 is 63.1 Å². The Labute approximate surface area is 204 Å². The number of aromatic nitrogens is 1. The molecule has 1 aliphatic heterocycles. The molecule has 3 heterocycles. The van der Waals surface area contributed by atoms with E-state index in [0.29, 0.717) is 18.2 Å². The van der Waals surface area contributed by atoms with Gasteiger partial charge in [-0.1, -0.05) is 12.8 Å². The molecule has 0 spiro atoms. The van der Waals surface area contributed by atoms with Crippen LogP contribution in [-0.2, 0) is 4.79 Å². The average Bonchev–Trinajstić information content (AvgIpc) is 3.28. The molecule has 0 saturated carbocycles. The van der Waals surface area contributed by atoms with E-state index in [1.165, 1.54) is 6.26 Å². The summed E-state index contributed by atoms with van der Waals surface area (Å²) in [5.74, 6) is 0.988. The summed E-state index contributed by atoms with van der Waals surface area (Å²) in [6.07, 6.45) is 10.2. The number of nitrogens with one attached hydrogen (secondary N) is 1. The summed E-state index contributed by atoms with van der Waals surface area (Å²) in [5.41, 5.74) is 0.947. The number of furan rings is 1. The number of hydrogen-bond donors (Lipinski definition) is 1. The highest BCUT2D eigenvalue weighted by atomic mass is 127. The van der Waals surface area contributed by atoms with Gasteiger partial charge in [-0.15, -0.1) is 0 Å². The molecule has 2 amide bonds. The summed E-state index contributed by atoms with van der Waals surface area (Å²) in [4.78, 5) is 30.5. The molecule has 0 bridgehead atoms. The monoisotopic (exact) mass is 633 g/mol. The van der Waals surface area contributed by atoms with Gasteiger partial charge in [0.1, 0.15) is 7.40 Å². The first kappa shape index (κ1) is 23.2. The van der Waals surface area contributed by atoms with Crippen LogP contribution in [0, 0.1) is 13.3 Å². The second-order valence-electron chi connectivity index (χ2n) is 7.35. The van der Waals surface area contributed by atoms with E-state index in [-0.39, 0.29) is 11.8 Å². The van der Waals surface area contributed by atoms with Gasteiger partial charge in [0.15, 0.2) is 5.76 Å². The lowest BCUT2D eigenvalue weighted by atomic mass is 9.91. The molecule has 0 aliphatic carbocycles. The molecule has 2 aromatic heterocycles. The van der Waals surface area contributed by atoms with Crippen molar-refractivity contribution in [2.24, 2.45) is 5.92 Å². The molecule has 1 N–H and O–H groups in total. The van der Waals surface area contributed by atoms with Gasteiger partial charge in [0, 0.05) is 31.3 Å². The van der Waals surface area contributed by atoms with E-state index in [2.05, 4.69) is 55.5 Å². The molecule has 160 valence electrons. The number of amides is 2. The first-order chi connectivity index (χ1) is 14.5. The standard InChI is InChI=1S/C22H25I2N3O3/c23-19-8-6-17(21(24)26-19)7-9-20(28)25-12-2-1-4-16-10-13-27(14-11-16)22(29)18-5-3-15-30-18/h3,5-9,15-16H,1-2,4,10-14H2,(H,25,28)/b9-7+. The van der Waals surface area contributed by atoms with E-state index in [4.69, 9.17) is 4.42 Å². The number of unbranched alkanes of at least 4 members (excludes halogenated alkanes) is 1. The van der Waals surface area contributed by atoms with Crippen LogP contribution in [0.5, 0.6) is 0 Å². The number of nitrogens with zero attached hydrogens (tertiary/aromatic N) is 2. The van der Waals surface area contributed by atoms with Crippen molar-refractivity contribution in [3.05, 3.63) is 55.3 Å². The van der Waals surface area contributed by atoms with Gasteiger partial charge in [-0.2, -0.15) is 0 Å². The van der Waals surface area contributed by atoms with E-state index in [1.807, 2.05) is 17.0 Å². The number of likely N-dealkylation sites (tertiary alicyclic amines) is 1. The van der Waals surface area contributed by atoms with E-state index < -0.39 is 0 Å². The maximum absolute atomic E-state index is 12.3. The Morgan fingerprint density at radius 3 is 2.70 bits per heavy atom. The number of carbonyl (C=O) groups excluding carboxylic acids is 2. The van der Waals surface area contributed by atoms with Crippen LogP contribution in [0.4, 0.5) is 0 Å². The molecule has 0 atom stereocenters. The molecule has 0 aromatic carbocycles. The van der Waals surface area contributed by atoms with E-state index in [9.17, 15) is 9.59 Å². The van der Waals surface area contributed by atoms with E-state index >= 15 is 0 Å². The number of piperidine rings is 1. The zero-order chi connectivity index (χ0) is 21.3. The van der Waals surface area contributed by atoms with Gasteiger partial charge in [0.05, 0.1) is 6.26 Å². The SMILES string of the molecule is O=C(/C=C/c1ccc(I)nc1I)NCCCCC1CCN(C(=O)c2ccco2)CC1. The van der Waals surface area contributed by atoms with Crippen molar-refractivity contribution in [2.75, 3.05) is 19.6 Å². The Kier molecular flexibility index (Phi) is 9.16. The number of hydrogen-bond acceptors (Lipinski definition) is 4. The predicted molar refractivity (Wildman–Crippen MR) is 133 cm³/mol. The van der Waals surface area contributed by atoms with Crippen molar-refractivity contribution in [1.29, 1.82) is 0 Å². The molecule has 6 nitrogen and oxygen atoms in total. The second kappa shape index (κ2) is 11.8.